The van der Waals surface area contributed by atoms with Crippen LogP contribution in [0.2, 0.25) is 0 Å². The monoisotopic (exact) mass is 386 g/mol. The molecule has 2 aromatic heterocycles. The Morgan fingerprint density at radius 2 is 1.38 bits per heavy atom. The summed E-state index contributed by atoms with van der Waals surface area (Å²) in [4.78, 5) is 6.18. The summed E-state index contributed by atoms with van der Waals surface area (Å²) in [6.07, 6.45) is 1.75. The number of fused-ring (bicyclic) bond motifs is 2. The zero-order valence-electron chi connectivity index (χ0n) is 16.3. The summed E-state index contributed by atoms with van der Waals surface area (Å²) in [6.45, 7) is 0. The molecule has 0 amide bonds. The molecule has 0 saturated carbocycles. The maximum atomic E-state index is 11.7. The smallest absolute Gasteiger partial charge is 0.872 e. The quantitative estimate of drug-likeness (QED) is 0.292. The third kappa shape index (κ3) is 5.22. The first-order chi connectivity index (χ1) is 13.2. The number of nitrogens with one attached hydrogen (secondary N) is 2. The van der Waals surface area contributed by atoms with Crippen molar-refractivity contribution in [3.05, 3.63) is 85.1 Å². The molecule has 3 aromatic carbocycles. The third-order valence-corrected chi connectivity index (χ3v) is 5.24. The SMILES string of the molecule is [Li+].[Li+].[O-]c1cccc2ccc[nH+]c12.[O-]c1ccccc1-c1[nH+]c2ccccc2s1. The molecule has 2 heterocycles. The maximum absolute atomic E-state index is 11.7. The Kier molecular flexibility index (Phi) is 8.35. The van der Waals surface area contributed by atoms with Gasteiger partial charge in [0.05, 0.1) is 0 Å². The number of benzene rings is 3. The molecule has 0 aliphatic heterocycles. The Morgan fingerprint density at radius 3 is 2.14 bits per heavy atom. The number of H-pyrrole nitrogens is 2. The Hall–Kier alpha value is -2.25. The zero-order valence-corrected chi connectivity index (χ0v) is 17.1. The zero-order chi connectivity index (χ0) is 18.6. The van der Waals surface area contributed by atoms with Crippen molar-refractivity contribution in [2.45, 2.75) is 0 Å². The van der Waals surface area contributed by atoms with E-state index in [9.17, 15) is 10.2 Å². The van der Waals surface area contributed by atoms with Crippen molar-refractivity contribution in [1.82, 2.24) is 0 Å². The molecule has 29 heavy (non-hydrogen) atoms. The van der Waals surface area contributed by atoms with Gasteiger partial charge in [-0.3, -0.25) is 0 Å². The molecule has 0 fully saturated rings. The normalized spacial score (nSPS) is 9.79. The molecular weight excluding hydrogens is 370 g/mol. The minimum atomic E-state index is 0. The topological polar surface area (TPSA) is 74.4 Å². The molecule has 0 spiro atoms. The second kappa shape index (κ2) is 10.5. The molecule has 5 rings (SSSR count). The van der Waals surface area contributed by atoms with Gasteiger partial charge in [0.1, 0.15) is 4.70 Å². The third-order valence-electron chi connectivity index (χ3n) is 4.14. The van der Waals surface area contributed by atoms with Crippen LogP contribution in [0.4, 0.5) is 0 Å². The molecule has 2 N–H and O–H groups in total. The van der Waals surface area contributed by atoms with E-state index in [1.165, 1.54) is 4.70 Å². The summed E-state index contributed by atoms with van der Waals surface area (Å²) in [6, 6.07) is 24.2. The van der Waals surface area contributed by atoms with Crippen LogP contribution in [0.25, 0.3) is 31.7 Å². The first-order valence-electron chi connectivity index (χ1n) is 8.46. The predicted molar refractivity (Wildman–Crippen MR) is 103 cm³/mol. The van der Waals surface area contributed by atoms with Crippen molar-refractivity contribution in [2.24, 2.45) is 0 Å². The van der Waals surface area contributed by atoms with Gasteiger partial charge in [-0.05, 0) is 30.0 Å². The first-order valence-corrected chi connectivity index (χ1v) is 9.28. The Morgan fingerprint density at radius 1 is 0.690 bits per heavy atom. The van der Waals surface area contributed by atoms with Crippen LogP contribution in [-0.2, 0) is 0 Å². The van der Waals surface area contributed by atoms with Crippen LogP contribution in [-0.4, -0.2) is 0 Å². The summed E-state index contributed by atoms with van der Waals surface area (Å²) in [5.41, 5.74) is 2.49. The van der Waals surface area contributed by atoms with Crippen molar-refractivity contribution in [1.29, 1.82) is 0 Å². The molecule has 0 bridgehead atoms. The number of aromatic nitrogens is 2. The standard InChI is InChI=1S/C13H9NOS.C9H7NO.2Li/c15-11-7-3-1-5-9(11)13-14-10-6-2-4-8-12(10)16-13;11-8-5-1-3-7-4-2-6-10-9(7)8;;/h1-8,15H;1-6,11H;;/q;;2*+1. The fourth-order valence-corrected chi connectivity index (χ4v) is 3.85. The number of hydrogen-bond donors (Lipinski definition) is 0. The minimum Gasteiger partial charge on any atom is -0.872 e. The molecule has 0 aliphatic rings. The largest absolute Gasteiger partial charge is 1.00 e. The predicted octanol–water partition coefficient (Wildman–Crippen LogP) is -2.81. The fraction of sp³-hybridized carbons (Fsp3) is 0. The van der Waals surface area contributed by atoms with E-state index in [-0.39, 0.29) is 49.2 Å². The van der Waals surface area contributed by atoms with Crippen molar-refractivity contribution in [3.8, 4) is 22.1 Å². The van der Waals surface area contributed by atoms with Crippen molar-refractivity contribution >= 4 is 32.5 Å². The van der Waals surface area contributed by atoms with Crippen LogP contribution in [0.3, 0.4) is 0 Å². The Labute approximate surface area is 196 Å². The van der Waals surface area contributed by atoms with Crippen molar-refractivity contribution in [2.75, 3.05) is 0 Å². The van der Waals surface area contributed by atoms with Gasteiger partial charge in [-0.15, -0.1) is 0 Å². The van der Waals surface area contributed by atoms with Crippen LogP contribution < -0.4 is 57.9 Å². The average Bonchev–Trinajstić information content (AvgIpc) is 3.13. The van der Waals surface area contributed by atoms with Crippen molar-refractivity contribution < 1.29 is 57.9 Å². The molecule has 132 valence electrons. The summed E-state index contributed by atoms with van der Waals surface area (Å²) < 4.78 is 1.17. The van der Waals surface area contributed by atoms with Crippen molar-refractivity contribution in [3.63, 3.8) is 0 Å². The molecule has 0 radical (unpaired) electrons. The number of para-hydroxylation sites is 3. The molecule has 0 saturated heterocycles. The molecule has 5 aromatic rings. The van der Waals surface area contributed by atoms with Crippen LogP contribution in [0, 0.1) is 0 Å². The molecule has 0 aliphatic carbocycles. The van der Waals surface area contributed by atoms with E-state index in [1.54, 1.807) is 41.8 Å². The second-order valence-electron chi connectivity index (χ2n) is 5.94. The molecule has 0 atom stereocenters. The summed E-state index contributed by atoms with van der Waals surface area (Å²) in [5.74, 6) is 0.105. The maximum Gasteiger partial charge on any atom is 1.00 e. The van der Waals surface area contributed by atoms with Gasteiger partial charge in [0, 0.05) is 23.1 Å². The molecule has 4 nitrogen and oxygen atoms in total. The van der Waals surface area contributed by atoms with E-state index >= 15 is 0 Å². The van der Waals surface area contributed by atoms with E-state index < -0.39 is 0 Å². The van der Waals surface area contributed by atoms with Gasteiger partial charge in [0.2, 0.25) is 11.0 Å². The summed E-state index contributed by atoms with van der Waals surface area (Å²) in [7, 11) is 0. The van der Waals surface area contributed by atoms with E-state index in [2.05, 4.69) is 9.97 Å². The van der Waals surface area contributed by atoms with Gasteiger partial charge in [0.15, 0.2) is 6.20 Å². The van der Waals surface area contributed by atoms with E-state index in [1.807, 2.05) is 54.6 Å². The Balaban J connectivity index is 0.000000205. The number of thiazole rings is 1. The summed E-state index contributed by atoms with van der Waals surface area (Å²) >= 11 is 1.61. The van der Waals surface area contributed by atoms with Crippen LogP contribution in [0.15, 0.2) is 85.1 Å². The Bertz CT molecular complexity index is 1190. The number of pyridine rings is 1. The summed E-state index contributed by atoms with van der Waals surface area (Å²) in [5, 5.41) is 24.7. The fourth-order valence-electron chi connectivity index (χ4n) is 2.82. The van der Waals surface area contributed by atoms with E-state index in [4.69, 9.17) is 0 Å². The van der Waals surface area contributed by atoms with Gasteiger partial charge in [0.25, 0.3) is 5.01 Å². The minimum absolute atomic E-state index is 0. The number of aromatic amines is 2. The molecule has 7 heteroatoms. The first kappa shape index (κ1) is 23.0. The van der Waals surface area contributed by atoms with Crippen LogP contribution >= 0.6 is 11.3 Å². The van der Waals surface area contributed by atoms with Crippen LogP contribution in [0.1, 0.15) is 0 Å². The second-order valence-corrected chi connectivity index (χ2v) is 6.99. The van der Waals surface area contributed by atoms with Gasteiger partial charge in [-0.1, -0.05) is 59.6 Å². The van der Waals surface area contributed by atoms with Gasteiger partial charge < -0.3 is 10.2 Å². The van der Waals surface area contributed by atoms with Gasteiger partial charge >= 0.3 is 37.7 Å². The van der Waals surface area contributed by atoms with Gasteiger partial charge in [-0.2, -0.15) is 4.98 Å². The number of hydrogen-bond acceptors (Lipinski definition) is 3. The number of rotatable bonds is 1. The van der Waals surface area contributed by atoms with Crippen LogP contribution in [0.5, 0.6) is 11.5 Å². The average molecular weight is 386 g/mol. The van der Waals surface area contributed by atoms with Gasteiger partial charge in [-0.25, -0.2) is 4.98 Å². The molecular formula is C22H16Li2N2O2S+2. The molecule has 0 unspecified atom stereocenters. The van der Waals surface area contributed by atoms with E-state index in [0.29, 0.717) is 5.52 Å². The van der Waals surface area contributed by atoms with E-state index in [0.717, 1.165) is 21.5 Å².